The van der Waals surface area contributed by atoms with Gasteiger partial charge in [0.1, 0.15) is 17.3 Å². The fourth-order valence-electron chi connectivity index (χ4n) is 4.62. The van der Waals surface area contributed by atoms with Crippen molar-refractivity contribution in [2.24, 2.45) is 0 Å². The minimum Gasteiger partial charge on any atom is -0.508 e. The summed E-state index contributed by atoms with van der Waals surface area (Å²) in [6.45, 7) is 8.17. The van der Waals surface area contributed by atoms with Gasteiger partial charge in [-0.05, 0) is 71.0 Å². The number of ether oxygens (including phenoxy) is 1. The Hall–Kier alpha value is -4.06. The van der Waals surface area contributed by atoms with Gasteiger partial charge in [0.15, 0.2) is 0 Å². The van der Waals surface area contributed by atoms with Gasteiger partial charge in [-0.1, -0.05) is 52.0 Å². The van der Waals surface area contributed by atoms with E-state index in [1.54, 1.807) is 49.6 Å². The number of nitrogens with zero attached hydrogens (tertiary/aromatic N) is 1. The molecular formula is C30H31NO5. The molecular weight excluding hydrogens is 454 g/mol. The van der Waals surface area contributed by atoms with Crippen LogP contribution in [-0.4, -0.2) is 29.0 Å². The first kappa shape index (κ1) is 25.0. The first-order valence-electron chi connectivity index (χ1n) is 12.0. The number of rotatable bonds is 6. The van der Waals surface area contributed by atoms with Gasteiger partial charge in [0.2, 0.25) is 0 Å². The molecule has 4 rings (SSSR count). The molecule has 1 fully saturated rings. The minimum absolute atomic E-state index is 0.000199. The number of aromatic hydroxyl groups is 1. The van der Waals surface area contributed by atoms with Crippen LogP contribution in [0.15, 0.2) is 72.3 Å². The van der Waals surface area contributed by atoms with E-state index in [-0.39, 0.29) is 23.0 Å². The Labute approximate surface area is 211 Å². The average molecular weight is 486 g/mol. The summed E-state index contributed by atoms with van der Waals surface area (Å²) in [5, 5.41) is 21.6. The van der Waals surface area contributed by atoms with Crippen LogP contribution in [0.2, 0.25) is 0 Å². The molecule has 3 aromatic rings. The van der Waals surface area contributed by atoms with E-state index in [1.807, 2.05) is 26.0 Å². The van der Waals surface area contributed by atoms with Crippen LogP contribution in [-0.2, 0) is 9.59 Å². The first-order valence-corrected chi connectivity index (χ1v) is 12.0. The summed E-state index contributed by atoms with van der Waals surface area (Å²) in [6.07, 6.45) is 0. The molecule has 2 N–H and O–H groups in total. The molecule has 1 unspecified atom stereocenters. The van der Waals surface area contributed by atoms with Gasteiger partial charge in [0.05, 0.1) is 18.7 Å². The highest BCUT2D eigenvalue weighted by Gasteiger charge is 2.47. The number of methoxy groups -OCH3 is 1. The molecule has 0 aliphatic carbocycles. The number of Topliss-reactive ketones (excluding diaryl/α,β-unsaturated/α-hetero) is 1. The first-order chi connectivity index (χ1) is 17.1. The maximum absolute atomic E-state index is 13.4. The average Bonchev–Trinajstić information content (AvgIpc) is 3.13. The van der Waals surface area contributed by atoms with E-state index in [9.17, 15) is 19.8 Å². The van der Waals surface area contributed by atoms with Crippen molar-refractivity contribution in [3.05, 3.63) is 94.6 Å². The number of aliphatic hydroxyl groups is 1. The standard InChI is InChI=1S/C30H31NO5/c1-17(2)19-9-12-22(13-10-19)31-27(20-7-6-8-23(32)15-20)26(29(34)30(31)35)28(33)21-11-14-25(36-5)24(16-21)18(3)4/h6-18,27,32-33H,1-5H3/b28-26-. The third-order valence-electron chi connectivity index (χ3n) is 6.59. The molecule has 1 aliphatic rings. The van der Waals surface area contributed by atoms with Crippen molar-refractivity contribution in [1.82, 2.24) is 0 Å². The molecule has 3 aromatic carbocycles. The molecule has 0 aromatic heterocycles. The molecule has 1 aliphatic heterocycles. The third kappa shape index (κ3) is 4.47. The smallest absolute Gasteiger partial charge is 0.300 e. The van der Waals surface area contributed by atoms with Gasteiger partial charge in [0.25, 0.3) is 11.7 Å². The zero-order chi connectivity index (χ0) is 26.1. The van der Waals surface area contributed by atoms with Crippen LogP contribution >= 0.6 is 0 Å². The second-order valence-corrected chi connectivity index (χ2v) is 9.62. The van der Waals surface area contributed by atoms with Gasteiger partial charge in [0, 0.05) is 11.3 Å². The van der Waals surface area contributed by atoms with Crippen LogP contribution in [0.1, 0.15) is 67.8 Å². The Morgan fingerprint density at radius 3 is 2.19 bits per heavy atom. The molecule has 1 heterocycles. The molecule has 0 bridgehead atoms. The Morgan fingerprint density at radius 2 is 1.61 bits per heavy atom. The van der Waals surface area contributed by atoms with Crippen LogP contribution < -0.4 is 9.64 Å². The van der Waals surface area contributed by atoms with Crippen molar-refractivity contribution in [3.63, 3.8) is 0 Å². The molecule has 186 valence electrons. The summed E-state index contributed by atoms with van der Waals surface area (Å²) < 4.78 is 5.46. The van der Waals surface area contributed by atoms with Gasteiger partial charge in [-0.3, -0.25) is 14.5 Å². The van der Waals surface area contributed by atoms with Crippen LogP contribution in [0.3, 0.4) is 0 Å². The summed E-state index contributed by atoms with van der Waals surface area (Å²) in [5.41, 5.74) is 3.40. The van der Waals surface area contributed by atoms with E-state index < -0.39 is 17.7 Å². The van der Waals surface area contributed by atoms with Crippen molar-refractivity contribution in [3.8, 4) is 11.5 Å². The fraction of sp³-hybridized carbons (Fsp3) is 0.267. The molecule has 1 atom stereocenters. The number of ketones is 1. The van der Waals surface area contributed by atoms with Crippen LogP contribution in [0, 0.1) is 0 Å². The quantitative estimate of drug-likeness (QED) is 0.244. The summed E-state index contributed by atoms with van der Waals surface area (Å²) in [7, 11) is 1.58. The number of hydrogen-bond acceptors (Lipinski definition) is 5. The number of phenols is 1. The van der Waals surface area contributed by atoms with Gasteiger partial charge >= 0.3 is 0 Å². The van der Waals surface area contributed by atoms with Gasteiger partial charge in [-0.25, -0.2) is 0 Å². The van der Waals surface area contributed by atoms with E-state index in [0.717, 1.165) is 11.1 Å². The van der Waals surface area contributed by atoms with Crippen LogP contribution in [0.5, 0.6) is 11.5 Å². The molecule has 1 saturated heterocycles. The normalized spacial score (nSPS) is 17.3. The number of hydrogen-bond donors (Lipinski definition) is 2. The minimum atomic E-state index is -0.911. The molecule has 36 heavy (non-hydrogen) atoms. The highest BCUT2D eigenvalue weighted by molar-refractivity contribution is 6.51. The number of benzene rings is 3. The number of carbonyl (C=O) groups excluding carboxylic acids is 2. The molecule has 0 saturated carbocycles. The summed E-state index contributed by atoms with van der Waals surface area (Å²) >= 11 is 0. The van der Waals surface area contributed by atoms with Gasteiger partial charge < -0.3 is 14.9 Å². The van der Waals surface area contributed by atoms with Crippen molar-refractivity contribution >= 4 is 23.1 Å². The molecule has 0 spiro atoms. The highest BCUT2D eigenvalue weighted by Crippen LogP contribution is 2.43. The molecule has 1 amide bonds. The monoisotopic (exact) mass is 485 g/mol. The highest BCUT2D eigenvalue weighted by atomic mass is 16.5. The maximum Gasteiger partial charge on any atom is 0.300 e. The second kappa shape index (κ2) is 9.90. The SMILES string of the molecule is COc1ccc(/C(O)=C2/C(=O)C(=O)N(c3ccc(C(C)C)cc3)C2c2cccc(O)c2)cc1C(C)C. The van der Waals surface area contributed by atoms with Crippen molar-refractivity contribution < 1.29 is 24.5 Å². The lowest BCUT2D eigenvalue weighted by Gasteiger charge is -2.26. The number of aliphatic hydroxyl groups excluding tert-OH is 1. The number of carbonyl (C=O) groups is 2. The fourth-order valence-corrected chi connectivity index (χ4v) is 4.62. The van der Waals surface area contributed by atoms with E-state index in [1.165, 1.54) is 17.0 Å². The van der Waals surface area contributed by atoms with E-state index >= 15 is 0 Å². The van der Waals surface area contributed by atoms with Crippen molar-refractivity contribution in [2.75, 3.05) is 12.0 Å². The topological polar surface area (TPSA) is 87.1 Å². The van der Waals surface area contributed by atoms with Crippen LogP contribution in [0.25, 0.3) is 5.76 Å². The lowest BCUT2D eigenvalue weighted by atomic mass is 9.93. The Balaban J connectivity index is 1.93. The summed E-state index contributed by atoms with van der Waals surface area (Å²) in [6, 6.07) is 18.2. The lowest BCUT2D eigenvalue weighted by Crippen LogP contribution is -2.29. The van der Waals surface area contributed by atoms with Crippen molar-refractivity contribution in [2.45, 2.75) is 45.6 Å². The predicted molar refractivity (Wildman–Crippen MR) is 141 cm³/mol. The zero-order valence-corrected chi connectivity index (χ0v) is 21.1. The van der Waals surface area contributed by atoms with Gasteiger partial charge in [-0.2, -0.15) is 0 Å². The largest absolute Gasteiger partial charge is 0.508 e. The van der Waals surface area contributed by atoms with Gasteiger partial charge in [-0.15, -0.1) is 0 Å². The Bertz CT molecular complexity index is 1340. The number of amides is 1. The molecule has 6 nitrogen and oxygen atoms in total. The predicted octanol–water partition coefficient (Wildman–Crippen LogP) is 6.27. The lowest BCUT2D eigenvalue weighted by molar-refractivity contribution is -0.132. The van der Waals surface area contributed by atoms with Crippen LogP contribution in [0.4, 0.5) is 5.69 Å². The third-order valence-corrected chi connectivity index (χ3v) is 6.59. The van der Waals surface area contributed by atoms with E-state index in [4.69, 9.17) is 4.74 Å². The zero-order valence-electron chi connectivity index (χ0n) is 21.1. The number of anilines is 1. The van der Waals surface area contributed by atoms with Crippen molar-refractivity contribution in [1.29, 1.82) is 0 Å². The maximum atomic E-state index is 13.4. The van der Waals surface area contributed by atoms with E-state index in [2.05, 4.69) is 13.8 Å². The molecule has 6 heteroatoms. The summed E-state index contributed by atoms with van der Waals surface area (Å²) in [5.74, 6) is -0.697. The second-order valence-electron chi connectivity index (χ2n) is 9.62. The Kier molecular flexibility index (Phi) is 6.88. The molecule has 0 radical (unpaired) electrons. The Morgan fingerprint density at radius 1 is 0.917 bits per heavy atom. The summed E-state index contributed by atoms with van der Waals surface area (Å²) in [4.78, 5) is 28.1. The van der Waals surface area contributed by atoms with E-state index in [0.29, 0.717) is 28.5 Å². The number of phenolic OH excluding ortho intramolecular Hbond substituents is 1.